The standard InChI is InChI=1S/C26H30FN5O3/c1-26(2,3)35-25(34)31-12-9-19(10-13-31)23-22(24(33)29-16-18-6-5-11-28-15-18)17-30-32(23)21-8-4-7-20(27)14-21/h4-8,11,14-15,17,19H,9-10,12-13,16H2,1-3H3,(H,29,33). The number of halogens is 1. The van der Waals surface area contributed by atoms with Crippen LogP contribution in [0.5, 0.6) is 0 Å². The number of benzene rings is 1. The van der Waals surface area contributed by atoms with Gasteiger partial charge < -0.3 is 15.0 Å². The number of carbonyl (C=O) groups excluding carboxylic acids is 2. The van der Waals surface area contributed by atoms with Gasteiger partial charge in [-0.3, -0.25) is 9.78 Å². The summed E-state index contributed by atoms with van der Waals surface area (Å²) in [6.07, 6.45) is 5.81. The highest BCUT2D eigenvalue weighted by Gasteiger charge is 2.32. The monoisotopic (exact) mass is 479 g/mol. The zero-order valence-electron chi connectivity index (χ0n) is 20.2. The van der Waals surface area contributed by atoms with Gasteiger partial charge in [-0.2, -0.15) is 5.10 Å². The summed E-state index contributed by atoms with van der Waals surface area (Å²) in [5.74, 6) is -0.689. The van der Waals surface area contributed by atoms with Crippen LogP contribution >= 0.6 is 0 Å². The van der Waals surface area contributed by atoms with E-state index in [9.17, 15) is 14.0 Å². The number of nitrogens with one attached hydrogen (secondary N) is 1. The summed E-state index contributed by atoms with van der Waals surface area (Å²) >= 11 is 0. The molecule has 1 aromatic carbocycles. The second kappa shape index (κ2) is 10.2. The maximum absolute atomic E-state index is 14.0. The highest BCUT2D eigenvalue weighted by atomic mass is 19.1. The van der Waals surface area contributed by atoms with Gasteiger partial charge in [0.25, 0.3) is 5.91 Å². The molecule has 1 N–H and O–H groups in total. The lowest BCUT2D eigenvalue weighted by Gasteiger charge is -2.34. The Hall–Kier alpha value is -3.75. The molecule has 0 unspecified atom stereocenters. The Kier molecular flexibility index (Phi) is 7.14. The largest absolute Gasteiger partial charge is 0.444 e. The molecule has 2 amide bonds. The molecule has 4 rings (SSSR count). The van der Waals surface area contributed by atoms with Gasteiger partial charge in [-0.25, -0.2) is 13.9 Å². The van der Waals surface area contributed by atoms with Crippen molar-refractivity contribution in [2.75, 3.05) is 13.1 Å². The lowest BCUT2D eigenvalue weighted by Crippen LogP contribution is -2.41. The van der Waals surface area contributed by atoms with Crippen molar-refractivity contribution >= 4 is 12.0 Å². The van der Waals surface area contributed by atoms with Crippen molar-refractivity contribution in [3.63, 3.8) is 0 Å². The molecule has 1 aliphatic rings. The third kappa shape index (κ3) is 6.03. The molecule has 0 saturated carbocycles. The Balaban J connectivity index is 1.57. The summed E-state index contributed by atoms with van der Waals surface area (Å²) in [7, 11) is 0. The zero-order valence-corrected chi connectivity index (χ0v) is 20.2. The topological polar surface area (TPSA) is 89.3 Å². The van der Waals surface area contributed by atoms with Gasteiger partial charge in [0.15, 0.2) is 0 Å². The number of carbonyl (C=O) groups is 2. The van der Waals surface area contributed by atoms with Crippen molar-refractivity contribution in [1.29, 1.82) is 0 Å². The summed E-state index contributed by atoms with van der Waals surface area (Å²) in [5.41, 5.74) is 2.01. The van der Waals surface area contributed by atoms with E-state index in [1.54, 1.807) is 34.1 Å². The van der Waals surface area contributed by atoms with Crippen molar-refractivity contribution < 1.29 is 18.7 Å². The molecule has 8 nitrogen and oxygen atoms in total. The first kappa shape index (κ1) is 24.4. The smallest absolute Gasteiger partial charge is 0.410 e. The molecule has 1 aliphatic heterocycles. The second-order valence-electron chi connectivity index (χ2n) is 9.62. The van der Waals surface area contributed by atoms with Gasteiger partial charge in [0, 0.05) is 37.9 Å². The Bertz CT molecular complexity index is 1180. The molecule has 0 radical (unpaired) electrons. The fraction of sp³-hybridized carbons (Fsp3) is 0.385. The summed E-state index contributed by atoms with van der Waals surface area (Å²) in [4.78, 5) is 31.4. The lowest BCUT2D eigenvalue weighted by molar-refractivity contribution is 0.0203. The van der Waals surface area contributed by atoms with Gasteiger partial charge >= 0.3 is 6.09 Å². The van der Waals surface area contributed by atoms with E-state index >= 15 is 0 Å². The summed E-state index contributed by atoms with van der Waals surface area (Å²) < 4.78 is 21.1. The van der Waals surface area contributed by atoms with Gasteiger partial charge in [-0.1, -0.05) is 12.1 Å². The number of aromatic nitrogens is 3. The molecule has 0 atom stereocenters. The van der Waals surface area contributed by atoms with E-state index in [1.165, 1.54) is 18.3 Å². The number of pyridine rings is 1. The molecule has 3 heterocycles. The van der Waals surface area contributed by atoms with E-state index in [4.69, 9.17) is 4.74 Å². The van der Waals surface area contributed by atoms with E-state index in [0.29, 0.717) is 49.4 Å². The molecular weight excluding hydrogens is 449 g/mol. The Morgan fingerprint density at radius 2 is 1.91 bits per heavy atom. The van der Waals surface area contributed by atoms with Crippen molar-refractivity contribution in [2.24, 2.45) is 0 Å². The number of hydrogen-bond acceptors (Lipinski definition) is 5. The van der Waals surface area contributed by atoms with Gasteiger partial charge in [0.2, 0.25) is 0 Å². The molecule has 9 heteroatoms. The molecule has 35 heavy (non-hydrogen) atoms. The zero-order chi connectivity index (χ0) is 25.0. The Labute approximate surface area is 204 Å². The maximum Gasteiger partial charge on any atom is 0.410 e. The van der Waals surface area contributed by atoms with Crippen molar-refractivity contribution in [3.05, 3.63) is 77.6 Å². The Morgan fingerprint density at radius 1 is 1.14 bits per heavy atom. The number of amides is 2. The first-order valence-electron chi connectivity index (χ1n) is 11.7. The number of rotatable bonds is 5. The molecular formula is C26H30FN5O3. The quantitative estimate of drug-likeness (QED) is 0.584. The number of hydrogen-bond donors (Lipinski definition) is 1. The fourth-order valence-electron chi connectivity index (χ4n) is 4.18. The van der Waals surface area contributed by atoms with Crippen LogP contribution in [0, 0.1) is 5.82 Å². The van der Waals surface area contributed by atoms with Gasteiger partial charge in [0.1, 0.15) is 11.4 Å². The minimum Gasteiger partial charge on any atom is -0.444 e. The average Bonchev–Trinajstić information content (AvgIpc) is 3.27. The van der Waals surface area contributed by atoms with Crippen LogP contribution in [0.25, 0.3) is 5.69 Å². The van der Waals surface area contributed by atoms with Gasteiger partial charge in [-0.05, 0) is 63.4 Å². The van der Waals surface area contributed by atoms with Crippen LogP contribution < -0.4 is 5.32 Å². The normalized spacial score (nSPS) is 14.6. The molecule has 0 spiro atoms. The van der Waals surface area contributed by atoms with Crippen LogP contribution in [0.15, 0.2) is 55.0 Å². The third-order valence-electron chi connectivity index (χ3n) is 5.81. The van der Waals surface area contributed by atoms with E-state index in [-0.39, 0.29) is 23.7 Å². The summed E-state index contributed by atoms with van der Waals surface area (Å²) in [6, 6.07) is 9.83. The lowest BCUT2D eigenvalue weighted by atomic mass is 9.91. The van der Waals surface area contributed by atoms with E-state index in [1.807, 2.05) is 32.9 Å². The SMILES string of the molecule is CC(C)(C)OC(=O)N1CCC(c2c(C(=O)NCc3cccnc3)cnn2-c2cccc(F)c2)CC1. The molecule has 0 aliphatic carbocycles. The number of ether oxygens (including phenoxy) is 1. The summed E-state index contributed by atoms with van der Waals surface area (Å²) in [6.45, 7) is 6.83. The fourth-order valence-corrected chi connectivity index (χ4v) is 4.18. The maximum atomic E-state index is 14.0. The predicted octanol–water partition coefficient (Wildman–Crippen LogP) is 4.45. The number of piperidine rings is 1. The first-order chi connectivity index (χ1) is 16.7. The molecule has 3 aromatic rings. The van der Waals surface area contributed by atoms with Gasteiger partial charge in [-0.15, -0.1) is 0 Å². The van der Waals surface area contributed by atoms with Crippen LogP contribution in [0.1, 0.15) is 61.1 Å². The van der Waals surface area contributed by atoms with Crippen molar-refractivity contribution in [2.45, 2.75) is 51.7 Å². The van der Waals surface area contributed by atoms with Crippen molar-refractivity contribution in [1.82, 2.24) is 25.0 Å². The average molecular weight is 480 g/mol. The second-order valence-corrected chi connectivity index (χ2v) is 9.62. The van der Waals surface area contributed by atoms with Crippen LogP contribution in [-0.4, -0.2) is 50.4 Å². The Morgan fingerprint density at radius 3 is 2.57 bits per heavy atom. The third-order valence-corrected chi connectivity index (χ3v) is 5.81. The van der Waals surface area contributed by atoms with E-state index < -0.39 is 5.60 Å². The van der Waals surface area contributed by atoms with Crippen LogP contribution in [0.3, 0.4) is 0 Å². The molecule has 1 fully saturated rings. The predicted molar refractivity (Wildman–Crippen MR) is 129 cm³/mol. The minimum absolute atomic E-state index is 0.0430. The first-order valence-corrected chi connectivity index (χ1v) is 11.7. The van der Waals surface area contributed by atoms with Gasteiger partial charge in [0.05, 0.1) is 23.1 Å². The molecule has 1 saturated heterocycles. The molecule has 2 aromatic heterocycles. The molecule has 184 valence electrons. The van der Waals surface area contributed by atoms with Crippen molar-refractivity contribution in [3.8, 4) is 5.69 Å². The minimum atomic E-state index is -0.566. The number of likely N-dealkylation sites (tertiary alicyclic amines) is 1. The number of nitrogens with zero attached hydrogens (tertiary/aromatic N) is 4. The molecule has 0 bridgehead atoms. The summed E-state index contributed by atoms with van der Waals surface area (Å²) in [5, 5.41) is 7.39. The highest BCUT2D eigenvalue weighted by molar-refractivity contribution is 5.95. The van der Waals surface area contributed by atoms with Crippen LogP contribution in [0.2, 0.25) is 0 Å². The van der Waals surface area contributed by atoms with Crippen LogP contribution in [-0.2, 0) is 11.3 Å². The van der Waals surface area contributed by atoms with E-state index in [2.05, 4.69) is 15.4 Å². The van der Waals surface area contributed by atoms with E-state index in [0.717, 1.165) is 5.56 Å². The van der Waals surface area contributed by atoms with Crippen LogP contribution in [0.4, 0.5) is 9.18 Å². The highest BCUT2D eigenvalue weighted by Crippen LogP contribution is 2.33.